The highest BCUT2D eigenvalue weighted by Gasteiger charge is 2.33. The Morgan fingerprint density at radius 3 is 2.75 bits per heavy atom. The van der Waals surface area contributed by atoms with Crippen molar-refractivity contribution < 1.29 is 4.79 Å². The molecule has 2 unspecified atom stereocenters. The number of piperidine rings is 1. The predicted octanol–water partition coefficient (Wildman–Crippen LogP) is 1.19. The van der Waals surface area contributed by atoms with E-state index in [1.807, 2.05) is 0 Å². The lowest BCUT2D eigenvalue weighted by atomic mass is 9.89. The number of nitrogens with zero attached hydrogens (tertiary/aromatic N) is 1. The Hall–Kier alpha value is -0.730. The lowest BCUT2D eigenvalue weighted by molar-refractivity contribution is 0.151. The summed E-state index contributed by atoms with van der Waals surface area (Å²) >= 11 is 0. The van der Waals surface area contributed by atoms with Crippen LogP contribution >= 0.6 is 0 Å². The summed E-state index contributed by atoms with van der Waals surface area (Å²) in [6.07, 6.45) is 5.20. The Bertz CT molecular complexity index is 193. The molecule has 2 amide bonds. The third-order valence-corrected chi connectivity index (χ3v) is 3.35. The van der Waals surface area contributed by atoms with Gasteiger partial charge in [0.05, 0.1) is 0 Å². The van der Waals surface area contributed by atoms with E-state index in [1.54, 1.807) is 4.90 Å². The summed E-state index contributed by atoms with van der Waals surface area (Å²) in [6, 6.07) is -0.236. The van der Waals surface area contributed by atoms with Crippen LogP contribution in [0.2, 0.25) is 0 Å². The minimum atomic E-state index is -0.236. The number of carbonyl (C=O) groups excluding carboxylic acids is 1. The molecule has 2 atom stereocenters. The normalized spacial score (nSPS) is 34.8. The maximum Gasteiger partial charge on any atom is 0.314 e. The lowest BCUT2D eigenvalue weighted by Crippen LogP contribution is -2.44. The number of primary amides is 1. The van der Waals surface area contributed by atoms with Crippen molar-refractivity contribution in [2.75, 3.05) is 13.1 Å². The molecule has 1 aliphatic carbocycles. The van der Waals surface area contributed by atoms with Crippen LogP contribution in [0.4, 0.5) is 4.79 Å². The van der Waals surface area contributed by atoms with Crippen LogP contribution in [0, 0.1) is 11.8 Å². The number of rotatable bonds is 0. The third-order valence-electron chi connectivity index (χ3n) is 3.35. The Labute approximate surface area is 72.9 Å². The predicted molar refractivity (Wildman–Crippen MR) is 46.6 cm³/mol. The maximum absolute atomic E-state index is 10.9. The van der Waals surface area contributed by atoms with Crippen molar-refractivity contribution in [3.8, 4) is 0 Å². The molecular formula is C9H16N2O. The van der Waals surface area contributed by atoms with Crippen LogP contribution in [-0.4, -0.2) is 24.0 Å². The number of likely N-dealkylation sites (tertiary alicyclic amines) is 1. The van der Waals surface area contributed by atoms with Gasteiger partial charge in [-0.3, -0.25) is 0 Å². The van der Waals surface area contributed by atoms with Gasteiger partial charge < -0.3 is 10.6 Å². The molecule has 0 aromatic heterocycles. The Balaban J connectivity index is 1.96. The van der Waals surface area contributed by atoms with Gasteiger partial charge in [0.1, 0.15) is 0 Å². The van der Waals surface area contributed by atoms with Gasteiger partial charge in [0.2, 0.25) is 0 Å². The smallest absolute Gasteiger partial charge is 0.314 e. The quantitative estimate of drug-likeness (QED) is 0.580. The van der Waals surface area contributed by atoms with Crippen molar-refractivity contribution in [3.05, 3.63) is 0 Å². The van der Waals surface area contributed by atoms with Gasteiger partial charge in [0.25, 0.3) is 0 Å². The van der Waals surface area contributed by atoms with Crippen molar-refractivity contribution in [1.82, 2.24) is 4.90 Å². The van der Waals surface area contributed by atoms with Crippen LogP contribution in [0.25, 0.3) is 0 Å². The monoisotopic (exact) mass is 168 g/mol. The molecule has 2 aliphatic rings. The molecule has 0 aromatic carbocycles. The second-order valence-corrected chi connectivity index (χ2v) is 4.02. The van der Waals surface area contributed by atoms with Crippen LogP contribution in [0.15, 0.2) is 0 Å². The summed E-state index contributed by atoms with van der Waals surface area (Å²) in [5.41, 5.74) is 5.24. The zero-order valence-electron chi connectivity index (χ0n) is 7.33. The van der Waals surface area contributed by atoms with E-state index in [4.69, 9.17) is 5.73 Å². The first-order chi connectivity index (χ1) is 5.77. The first-order valence-corrected chi connectivity index (χ1v) is 4.82. The Kier molecular flexibility index (Phi) is 1.95. The molecule has 68 valence electrons. The van der Waals surface area contributed by atoms with Crippen LogP contribution in [0.1, 0.15) is 25.7 Å². The number of nitrogens with two attached hydrogens (primary N) is 1. The fourth-order valence-electron chi connectivity index (χ4n) is 2.63. The van der Waals surface area contributed by atoms with Crippen LogP contribution in [0.5, 0.6) is 0 Å². The molecule has 3 heteroatoms. The fraction of sp³-hybridized carbons (Fsp3) is 0.889. The highest BCUT2D eigenvalue weighted by atomic mass is 16.2. The van der Waals surface area contributed by atoms with Gasteiger partial charge in [0, 0.05) is 13.1 Å². The van der Waals surface area contributed by atoms with Crippen molar-refractivity contribution in [1.29, 1.82) is 0 Å². The molecule has 0 bridgehead atoms. The number of amides is 2. The summed E-state index contributed by atoms with van der Waals surface area (Å²) in [6.45, 7) is 1.80. The summed E-state index contributed by atoms with van der Waals surface area (Å²) < 4.78 is 0. The standard InChI is InChI=1S/C9H16N2O/c10-9(12)11-5-4-7-2-1-3-8(7)6-11/h7-8H,1-6H2,(H2,10,12). The van der Waals surface area contributed by atoms with E-state index in [2.05, 4.69) is 0 Å². The Morgan fingerprint density at radius 2 is 2.00 bits per heavy atom. The van der Waals surface area contributed by atoms with Gasteiger partial charge in [-0.05, 0) is 24.7 Å². The van der Waals surface area contributed by atoms with E-state index < -0.39 is 0 Å². The van der Waals surface area contributed by atoms with E-state index in [9.17, 15) is 4.79 Å². The number of urea groups is 1. The average Bonchev–Trinajstić information content (AvgIpc) is 2.49. The molecule has 1 heterocycles. The van der Waals surface area contributed by atoms with E-state index in [0.29, 0.717) is 0 Å². The average molecular weight is 168 g/mol. The summed E-state index contributed by atoms with van der Waals surface area (Å²) in [4.78, 5) is 12.7. The fourth-order valence-corrected chi connectivity index (χ4v) is 2.63. The molecule has 1 saturated carbocycles. The summed E-state index contributed by atoms with van der Waals surface area (Å²) in [5, 5.41) is 0. The molecule has 2 rings (SSSR count). The van der Waals surface area contributed by atoms with Crippen LogP contribution in [0.3, 0.4) is 0 Å². The molecule has 12 heavy (non-hydrogen) atoms. The SMILES string of the molecule is NC(=O)N1CCC2CCCC2C1. The number of fused-ring (bicyclic) bond motifs is 1. The molecule has 0 spiro atoms. The Morgan fingerprint density at radius 1 is 1.25 bits per heavy atom. The van der Waals surface area contributed by atoms with Gasteiger partial charge in [-0.2, -0.15) is 0 Å². The van der Waals surface area contributed by atoms with Crippen molar-refractivity contribution in [2.24, 2.45) is 17.6 Å². The van der Waals surface area contributed by atoms with E-state index in [1.165, 1.54) is 25.7 Å². The van der Waals surface area contributed by atoms with Gasteiger partial charge in [0.15, 0.2) is 0 Å². The van der Waals surface area contributed by atoms with E-state index >= 15 is 0 Å². The third kappa shape index (κ3) is 1.28. The van der Waals surface area contributed by atoms with Gasteiger partial charge in [-0.1, -0.05) is 12.8 Å². The second-order valence-electron chi connectivity index (χ2n) is 4.02. The van der Waals surface area contributed by atoms with E-state index in [-0.39, 0.29) is 6.03 Å². The van der Waals surface area contributed by atoms with Gasteiger partial charge >= 0.3 is 6.03 Å². The second kappa shape index (κ2) is 2.96. The highest BCUT2D eigenvalue weighted by molar-refractivity contribution is 5.72. The maximum atomic E-state index is 10.9. The molecule has 3 nitrogen and oxygen atoms in total. The van der Waals surface area contributed by atoms with Crippen molar-refractivity contribution in [3.63, 3.8) is 0 Å². The van der Waals surface area contributed by atoms with Gasteiger partial charge in [-0.25, -0.2) is 4.79 Å². The molecule has 0 aromatic rings. The summed E-state index contributed by atoms with van der Waals surface area (Å²) in [5.74, 6) is 1.65. The minimum Gasteiger partial charge on any atom is -0.351 e. The zero-order chi connectivity index (χ0) is 8.55. The highest BCUT2D eigenvalue weighted by Crippen LogP contribution is 2.37. The zero-order valence-corrected chi connectivity index (χ0v) is 7.33. The van der Waals surface area contributed by atoms with Crippen molar-refractivity contribution >= 4 is 6.03 Å². The summed E-state index contributed by atoms with van der Waals surface area (Å²) in [7, 11) is 0. The molecule has 0 radical (unpaired) electrons. The first kappa shape index (κ1) is 7.90. The molecule has 1 saturated heterocycles. The lowest BCUT2D eigenvalue weighted by Gasteiger charge is -2.33. The molecular weight excluding hydrogens is 152 g/mol. The van der Waals surface area contributed by atoms with Crippen LogP contribution < -0.4 is 5.73 Å². The number of hydrogen-bond acceptors (Lipinski definition) is 1. The van der Waals surface area contributed by atoms with Crippen LogP contribution in [-0.2, 0) is 0 Å². The molecule has 2 fully saturated rings. The number of carbonyl (C=O) groups is 1. The van der Waals surface area contributed by atoms with E-state index in [0.717, 1.165) is 24.9 Å². The molecule has 1 aliphatic heterocycles. The largest absolute Gasteiger partial charge is 0.351 e. The first-order valence-electron chi connectivity index (χ1n) is 4.82. The van der Waals surface area contributed by atoms with Gasteiger partial charge in [-0.15, -0.1) is 0 Å². The number of hydrogen-bond donors (Lipinski definition) is 1. The minimum absolute atomic E-state index is 0.236. The van der Waals surface area contributed by atoms with Crippen molar-refractivity contribution in [2.45, 2.75) is 25.7 Å². The topological polar surface area (TPSA) is 46.3 Å². The molecule has 2 N–H and O–H groups in total.